The van der Waals surface area contributed by atoms with E-state index in [-0.39, 0.29) is 24.0 Å². The molecular formula is C22H39IN4O3. The second-order valence-corrected chi connectivity index (χ2v) is 8.51. The Kier molecular flexibility index (Phi) is 13.0. The number of hydrogen-bond acceptors (Lipinski definition) is 4. The predicted molar refractivity (Wildman–Crippen MR) is 133 cm³/mol. The van der Waals surface area contributed by atoms with Gasteiger partial charge in [0.2, 0.25) is 0 Å². The minimum atomic E-state index is -0.526. The molecule has 7 nitrogen and oxygen atoms in total. The molecule has 0 aromatic heterocycles. The number of carbonyl (C=O) groups is 1. The van der Waals surface area contributed by atoms with E-state index >= 15 is 0 Å². The number of halogens is 1. The van der Waals surface area contributed by atoms with Crippen LogP contribution in [-0.4, -0.2) is 42.9 Å². The third-order valence-corrected chi connectivity index (χ3v) is 3.80. The number of ether oxygens (including phenoxy) is 2. The van der Waals surface area contributed by atoms with Crippen molar-refractivity contribution in [2.24, 2.45) is 4.99 Å². The van der Waals surface area contributed by atoms with Crippen molar-refractivity contribution in [1.82, 2.24) is 16.0 Å². The van der Waals surface area contributed by atoms with E-state index in [9.17, 15) is 4.79 Å². The van der Waals surface area contributed by atoms with Crippen molar-refractivity contribution < 1.29 is 14.3 Å². The molecular weight excluding hydrogens is 495 g/mol. The van der Waals surface area contributed by atoms with Crippen molar-refractivity contribution in [3.63, 3.8) is 0 Å². The van der Waals surface area contributed by atoms with Gasteiger partial charge in [-0.05, 0) is 59.6 Å². The Morgan fingerprint density at radius 1 is 1.00 bits per heavy atom. The summed E-state index contributed by atoms with van der Waals surface area (Å²) in [5, 5.41) is 9.41. The Balaban J connectivity index is 0.00000841. The Bertz CT molecular complexity index is 655. The van der Waals surface area contributed by atoms with Crippen LogP contribution in [0.25, 0.3) is 0 Å². The van der Waals surface area contributed by atoms with E-state index in [1.807, 2.05) is 48.5 Å². The highest BCUT2D eigenvalue weighted by Gasteiger charge is 2.24. The Morgan fingerprint density at radius 3 is 2.13 bits per heavy atom. The summed E-state index contributed by atoms with van der Waals surface area (Å²) in [7, 11) is 0. The molecule has 3 N–H and O–H groups in total. The standard InChI is InChI=1S/C22H38N4O3.HI/c1-8-23-19(24-14-17-10-12-18(13-11-17)15-28-9-2)25-16-22(6,7)26-20(27)29-21(3,4)5;/h10-13H,8-9,14-16H2,1-7H3,(H,26,27)(H2,23,24,25);1H. The summed E-state index contributed by atoms with van der Waals surface area (Å²) in [5.41, 5.74) is 1.25. The van der Waals surface area contributed by atoms with E-state index in [0.29, 0.717) is 32.3 Å². The second kappa shape index (κ2) is 13.7. The summed E-state index contributed by atoms with van der Waals surface area (Å²) in [6.07, 6.45) is -0.432. The van der Waals surface area contributed by atoms with Crippen LogP contribution in [0.1, 0.15) is 59.6 Å². The average molecular weight is 534 g/mol. The van der Waals surface area contributed by atoms with Gasteiger partial charge in [0.15, 0.2) is 5.96 Å². The number of hydrogen-bond donors (Lipinski definition) is 3. The van der Waals surface area contributed by atoms with Crippen LogP contribution in [0.5, 0.6) is 0 Å². The predicted octanol–water partition coefficient (Wildman–Crippen LogP) is 4.20. The molecule has 0 fully saturated rings. The van der Waals surface area contributed by atoms with Gasteiger partial charge < -0.3 is 25.4 Å². The van der Waals surface area contributed by atoms with Gasteiger partial charge in [-0.2, -0.15) is 0 Å². The van der Waals surface area contributed by atoms with Gasteiger partial charge in [-0.3, -0.25) is 0 Å². The molecule has 0 atom stereocenters. The van der Waals surface area contributed by atoms with Crippen molar-refractivity contribution in [3.8, 4) is 0 Å². The Morgan fingerprint density at radius 2 is 1.60 bits per heavy atom. The van der Waals surface area contributed by atoms with Crippen molar-refractivity contribution in [2.75, 3.05) is 19.7 Å². The first-order valence-electron chi connectivity index (χ1n) is 10.2. The van der Waals surface area contributed by atoms with Crippen molar-refractivity contribution >= 4 is 36.0 Å². The smallest absolute Gasteiger partial charge is 0.408 e. The molecule has 1 aromatic rings. The van der Waals surface area contributed by atoms with Crippen LogP contribution in [0, 0.1) is 0 Å². The highest BCUT2D eigenvalue weighted by molar-refractivity contribution is 14.0. The summed E-state index contributed by atoms with van der Waals surface area (Å²) in [6.45, 7) is 16.6. The van der Waals surface area contributed by atoms with E-state index in [4.69, 9.17) is 9.47 Å². The maximum absolute atomic E-state index is 12.0. The summed E-state index contributed by atoms with van der Waals surface area (Å²) < 4.78 is 10.8. The number of nitrogens with one attached hydrogen (secondary N) is 3. The molecule has 0 aliphatic heterocycles. The number of amides is 1. The van der Waals surface area contributed by atoms with Gasteiger partial charge in [0.1, 0.15) is 5.60 Å². The molecule has 0 aliphatic carbocycles. The normalized spacial score (nSPS) is 12.0. The zero-order valence-electron chi connectivity index (χ0n) is 19.4. The molecule has 0 bridgehead atoms. The topological polar surface area (TPSA) is 84.0 Å². The molecule has 8 heteroatoms. The molecule has 1 aromatic carbocycles. The van der Waals surface area contributed by atoms with Crippen LogP contribution < -0.4 is 16.0 Å². The Hall–Kier alpha value is -1.55. The van der Waals surface area contributed by atoms with E-state index < -0.39 is 17.2 Å². The molecule has 172 valence electrons. The fourth-order valence-corrected chi connectivity index (χ4v) is 2.40. The van der Waals surface area contributed by atoms with Gasteiger partial charge in [-0.25, -0.2) is 9.79 Å². The summed E-state index contributed by atoms with van der Waals surface area (Å²) >= 11 is 0. The van der Waals surface area contributed by atoms with E-state index in [1.165, 1.54) is 0 Å². The fourth-order valence-electron chi connectivity index (χ4n) is 2.40. The third kappa shape index (κ3) is 12.9. The van der Waals surface area contributed by atoms with Gasteiger partial charge in [0.25, 0.3) is 0 Å². The van der Waals surface area contributed by atoms with Crippen molar-refractivity contribution in [1.29, 1.82) is 0 Å². The molecule has 1 rings (SSSR count). The quantitative estimate of drug-likeness (QED) is 0.251. The van der Waals surface area contributed by atoms with Gasteiger partial charge in [0.05, 0.1) is 18.7 Å². The molecule has 0 spiro atoms. The van der Waals surface area contributed by atoms with Crippen molar-refractivity contribution in [3.05, 3.63) is 35.4 Å². The van der Waals surface area contributed by atoms with Crippen LogP contribution in [0.15, 0.2) is 29.3 Å². The lowest BCUT2D eigenvalue weighted by atomic mass is 10.1. The van der Waals surface area contributed by atoms with Crippen LogP contribution >= 0.6 is 24.0 Å². The SMILES string of the molecule is CCNC(=NCc1ccc(COCC)cc1)NCC(C)(C)NC(=O)OC(C)(C)C.I. The number of rotatable bonds is 9. The van der Waals surface area contributed by atoms with E-state index in [1.54, 1.807) is 0 Å². The van der Waals surface area contributed by atoms with Gasteiger partial charge >= 0.3 is 6.09 Å². The fraction of sp³-hybridized carbons (Fsp3) is 0.636. The van der Waals surface area contributed by atoms with E-state index in [0.717, 1.165) is 17.7 Å². The number of guanidine groups is 1. The first kappa shape index (κ1) is 28.5. The molecule has 0 radical (unpaired) electrons. The number of benzene rings is 1. The zero-order chi connectivity index (χ0) is 21.9. The average Bonchev–Trinajstić information content (AvgIpc) is 2.61. The van der Waals surface area contributed by atoms with Gasteiger partial charge in [-0.15, -0.1) is 24.0 Å². The lowest BCUT2D eigenvalue weighted by Crippen LogP contribution is -2.54. The van der Waals surface area contributed by atoms with Crippen molar-refractivity contribution in [2.45, 2.75) is 72.8 Å². The van der Waals surface area contributed by atoms with Gasteiger partial charge in [-0.1, -0.05) is 24.3 Å². The number of nitrogens with zero attached hydrogens (tertiary/aromatic N) is 1. The molecule has 30 heavy (non-hydrogen) atoms. The number of aliphatic imine (C=N–C) groups is 1. The molecule has 0 unspecified atom stereocenters. The molecule has 0 saturated carbocycles. The van der Waals surface area contributed by atoms with Crippen LogP contribution in [-0.2, 0) is 22.6 Å². The summed E-state index contributed by atoms with van der Waals surface area (Å²) in [5.74, 6) is 0.699. The minimum Gasteiger partial charge on any atom is -0.444 e. The van der Waals surface area contributed by atoms with E-state index in [2.05, 4.69) is 45.2 Å². The van der Waals surface area contributed by atoms with Crippen LogP contribution in [0.2, 0.25) is 0 Å². The van der Waals surface area contributed by atoms with Gasteiger partial charge in [0, 0.05) is 19.7 Å². The third-order valence-electron chi connectivity index (χ3n) is 3.80. The number of carbonyl (C=O) groups excluding carboxylic acids is 1. The highest BCUT2D eigenvalue weighted by Crippen LogP contribution is 2.09. The summed E-state index contributed by atoms with van der Waals surface area (Å²) in [6, 6.07) is 8.26. The highest BCUT2D eigenvalue weighted by atomic mass is 127. The largest absolute Gasteiger partial charge is 0.444 e. The lowest BCUT2D eigenvalue weighted by molar-refractivity contribution is 0.0474. The Labute approximate surface area is 198 Å². The van der Waals surface area contributed by atoms with Crippen LogP contribution in [0.4, 0.5) is 4.79 Å². The molecule has 0 saturated heterocycles. The monoisotopic (exact) mass is 534 g/mol. The van der Waals surface area contributed by atoms with Crippen LogP contribution in [0.3, 0.4) is 0 Å². The minimum absolute atomic E-state index is 0. The zero-order valence-corrected chi connectivity index (χ0v) is 21.8. The second-order valence-electron chi connectivity index (χ2n) is 8.51. The maximum Gasteiger partial charge on any atom is 0.408 e. The lowest BCUT2D eigenvalue weighted by Gasteiger charge is -2.29. The summed E-state index contributed by atoms with van der Waals surface area (Å²) in [4.78, 5) is 16.7. The first-order chi connectivity index (χ1) is 13.5. The maximum atomic E-state index is 12.0. The molecule has 0 aliphatic rings. The molecule has 1 amide bonds. The molecule has 0 heterocycles. The number of alkyl carbamates (subject to hydrolysis) is 1. The first-order valence-corrected chi connectivity index (χ1v) is 10.2.